The van der Waals surface area contributed by atoms with Gasteiger partial charge in [-0.2, -0.15) is 13.2 Å². The van der Waals surface area contributed by atoms with Crippen LogP contribution in [-0.4, -0.2) is 24.9 Å². The molecule has 0 bridgehead atoms. The molecule has 0 saturated carbocycles. The maximum absolute atomic E-state index is 11.8. The molecule has 1 aromatic carbocycles. The second-order valence-corrected chi connectivity index (χ2v) is 6.38. The van der Waals surface area contributed by atoms with Gasteiger partial charge in [0.25, 0.3) is 0 Å². The first-order valence-electron chi connectivity index (χ1n) is 5.45. The first-order valence-corrected chi connectivity index (χ1v) is 6.85. The fourth-order valence-corrected chi connectivity index (χ4v) is 2.14. The summed E-state index contributed by atoms with van der Waals surface area (Å²) in [7, 11) is -4.22. The Bertz CT molecular complexity index is 623. The van der Waals surface area contributed by atoms with Crippen molar-refractivity contribution in [2.45, 2.75) is 25.7 Å². The van der Waals surface area contributed by atoms with Gasteiger partial charge in [0, 0.05) is 0 Å². The lowest BCUT2D eigenvalue weighted by atomic mass is 9.90. The van der Waals surface area contributed by atoms with Crippen LogP contribution in [-0.2, 0) is 19.1 Å². The zero-order valence-electron chi connectivity index (χ0n) is 10.8. The summed E-state index contributed by atoms with van der Waals surface area (Å²) < 4.78 is 28.1. The van der Waals surface area contributed by atoms with Crippen molar-refractivity contribution in [3.8, 4) is 0 Å². The molecule has 102 valence electrons. The molecule has 0 unspecified atom stereocenters. The molecule has 0 heterocycles. The molecule has 0 aliphatic rings. The van der Waals surface area contributed by atoms with E-state index in [4.69, 9.17) is 5.53 Å². The average Bonchev–Trinajstić information content (AvgIpc) is 2.28. The van der Waals surface area contributed by atoms with Crippen molar-refractivity contribution in [1.82, 2.24) is 0 Å². The average molecular weight is 282 g/mol. The molecule has 1 aromatic rings. The Labute approximate surface area is 111 Å². The van der Waals surface area contributed by atoms with Crippen LogP contribution in [0.4, 0.5) is 0 Å². The van der Waals surface area contributed by atoms with Gasteiger partial charge in [-0.25, -0.2) is 4.79 Å². The number of nitrogens with zero attached hydrogens (tertiary/aromatic N) is 2. The Morgan fingerprint density at radius 2 is 1.74 bits per heavy atom. The third kappa shape index (κ3) is 3.74. The summed E-state index contributed by atoms with van der Waals surface area (Å²) in [5.74, 6) is -1.20. The van der Waals surface area contributed by atoms with Crippen LogP contribution < -0.4 is 0 Å². The molecule has 0 aromatic heterocycles. The minimum Gasteiger partial charge on any atom is -0.361 e. The Hall–Kier alpha value is -1.98. The predicted molar refractivity (Wildman–Crippen MR) is 67.8 cm³/mol. The molecule has 0 aliphatic heterocycles. The van der Waals surface area contributed by atoms with Crippen molar-refractivity contribution < 1.29 is 22.2 Å². The van der Waals surface area contributed by atoms with Gasteiger partial charge in [0.15, 0.2) is 0 Å². The Kier molecular flexibility index (Phi) is 4.24. The van der Waals surface area contributed by atoms with Crippen LogP contribution >= 0.6 is 0 Å². The Morgan fingerprint density at radius 1 is 1.21 bits per heavy atom. The van der Waals surface area contributed by atoms with Gasteiger partial charge in [-0.3, -0.25) is 0 Å². The van der Waals surface area contributed by atoms with Gasteiger partial charge < -0.3 is 9.71 Å². The monoisotopic (exact) mass is 282 g/mol. The molecular formula is C12H14N2O4S. The van der Waals surface area contributed by atoms with Crippen LogP contribution in [0.3, 0.4) is 0 Å². The lowest BCUT2D eigenvalue weighted by Gasteiger charge is -2.11. The number of hydrogen-bond donors (Lipinski definition) is 0. The van der Waals surface area contributed by atoms with Gasteiger partial charge in [0.1, 0.15) is 4.90 Å². The highest BCUT2D eigenvalue weighted by Crippen LogP contribution is 2.18. The van der Waals surface area contributed by atoms with E-state index in [1.165, 1.54) is 24.3 Å². The second-order valence-electron chi connectivity index (χ2n) is 4.84. The molecule has 0 saturated heterocycles. The highest BCUT2D eigenvalue weighted by atomic mass is 32.2. The van der Waals surface area contributed by atoms with E-state index >= 15 is 0 Å². The van der Waals surface area contributed by atoms with Crippen molar-refractivity contribution in [3.63, 3.8) is 0 Å². The summed E-state index contributed by atoms with van der Waals surface area (Å²) in [4.78, 5) is 14.4. The minimum absolute atomic E-state index is 0.144. The fraction of sp³-hybridized carbons (Fsp3) is 0.333. The molecule has 0 fully saturated rings. The van der Waals surface area contributed by atoms with E-state index in [0.29, 0.717) is 0 Å². The summed E-state index contributed by atoms with van der Waals surface area (Å²) in [6, 6.07) is 7.25. The molecule has 0 radical (unpaired) electrons. The zero-order chi connectivity index (χ0) is 14.7. The Balaban J connectivity index is 3.04. The quantitative estimate of drug-likeness (QED) is 0.364. The molecule has 0 N–H and O–H groups in total. The van der Waals surface area contributed by atoms with E-state index in [9.17, 15) is 13.2 Å². The fourth-order valence-electron chi connectivity index (χ4n) is 1.27. The third-order valence-electron chi connectivity index (χ3n) is 2.22. The van der Waals surface area contributed by atoms with E-state index in [2.05, 4.69) is 8.97 Å². The largest absolute Gasteiger partial charge is 0.433 e. The van der Waals surface area contributed by atoms with E-state index in [1.54, 1.807) is 26.8 Å². The summed E-state index contributed by atoms with van der Waals surface area (Å²) >= 11 is 0. The summed E-state index contributed by atoms with van der Waals surface area (Å²) in [5, 5.41) is 0. The minimum atomic E-state index is -4.22. The molecule has 7 heteroatoms. The van der Waals surface area contributed by atoms with Crippen LogP contribution in [0.25, 0.3) is 5.53 Å². The predicted octanol–water partition coefficient (Wildman–Crippen LogP) is 1.64. The standard InChI is InChI=1S/C12H14N2O4S/c1-12(2,3)10(14-13)11(15)18-19(16,17)9-7-5-4-6-8-9/h4-8H,1-3H3. The number of carbonyl (C=O) groups is 1. The van der Waals surface area contributed by atoms with Crippen molar-refractivity contribution >= 4 is 21.8 Å². The van der Waals surface area contributed by atoms with Crippen molar-refractivity contribution in [2.24, 2.45) is 5.41 Å². The van der Waals surface area contributed by atoms with E-state index < -0.39 is 21.5 Å². The summed E-state index contributed by atoms with van der Waals surface area (Å²) in [6.07, 6.45) is 0. The van der Waals surface area contributed by atoms with E-state index in [0.717, 1.165) is 0 Å². The lowest BCUT2D eigenvalue weighted by Crippen LogP contribution is -2.33. The van der Waals surface area contributed by atoms with Gasteiger partial charge in [-0.15, -0.1) is 0 Å². The molecule has 1 rings (SSSR count). The van der Waals surface area contributed by atoms with Crippen LogP contribution in [0, 0.1) is 5.41 Å². The second kappa shape index (κ2) is 5.34. The smallest absolute Gasteiger partial charge is 0.361 e. The van der Waals surface area contributed by atoms with Crippen molar-refractivity contribution in [1.29, 1.82) is 0 Å². The summed E-state index contributed by atoms with van der Waals surface area (Å²) in [5.41, 5.74) is 7.59. The van der Waals surface area contributed by atoms with Gasteiger partial charge in [-0.1, -0.05) is 18.2 Å². The molecule has 6 nitrogen and oxygen atoms in total. The van der Waals surface area contributed by atoms with Gasteiger partial charge in [0.05, 0.1) is 5.41 Å². The SMILES string of the molecule is CC(C)(C)C(=[N+]=[N-])C(=O)OS(=O)(=O)c1ccccc1. The van der Waals surface area contributed by atoms with Crippen LogP contribution in [0.1, 0.15) is 20.8 Å². The lowest BCUT2D eigenvalue weighted by molar-refractivity contribution is -0.132. The molecular weight excluding hydrogens is 268 g/mol. The van der Waals surface area contributed by atoms with E-state index in [-0.39, 0.29) is 10.6 Å². The van der Waals surface area contributed by atoms with Crippen molar-refractivity contribution in [3.05, 3.63) is 35.9 Å². The van der Waals surface area contributed by atoms with Gasteiger partial charge in [-0.05, 0) is 32.9 Å². The molecule has 19 heavy (non-hydrogen) atoms. The normalized spacial score (nSPS) is 11.5. The molecule has 0 spiro atoms. The van der Waals surface area contributed by atoms with Crippen LogP contribution in [0.2, 0.25) is 0 Å². The first-order chi connectivity index (χ1) is 8.68. The highest BCUT2D eigenvalue weighted by Gasteiger charge is 2.39. The highest BCUT2D eigenvalue weighted by molar-refractivity contribution is 7.87. The number of carbonyl (C=O) groups excluding carboxylic acids is 1. The molecule has 0 amide bonds. The van der Waals surface area contributed by atoms with Crippen LogP contribution in [0.5, 0.6) is 0 Å². The maximum atomic E-state index is 11.8. The molecule has 0 atom stereocenters. The first kappa shape index (κ1) is 15.1. The Morgan fingerprint density at radius 3 is 2.16 bits per heavy atom. The summed E-state index contributed by atoms with van der Waals surface area (Å²) in [6.45, 7) is 4.79. The molecule has 0 aliphatic carbocycles. The third-order valence-corrected chi connectivity index (χ3v) is 3.44. The number of rotatable bonds is 3. The van der Waals surface area contributed by atoms with E-state index in [1.807, 2.05) is 0 Å². The topological polar surface area (TPSA) is 96.8 Å². The van der Waals surface area contributed by atoms with Gasteiger partial charge in [0.2, 0.25) is 0 Å². The van der Waals surface area contributed by atoms with Crippen molar-refractivity contribution in [2.75, 3.05) is 0 Å². The number of hydrogen-bond acceptors (Lipinski definition) is 4. The zero-order valence-corrected chi connectivity index (χ0v) is 11.6. The number of benzene rings is 1. The van der Waals surface area contributed by atoms with Gasteiger partial charge >= 0.3 is 21.8 Å². The van der Waals surface area contributed by atoms with Crippen LogP contribution in [0.15, 0.2) is 35.2 Å². The maximum Gasteiger partial charge on any atom is 0.433 e.